The van der Waals surface area contributed by atoms with E-state index in [-0.39, 0.29) is 34.8 Å². The Hall–Kier alpha value is -3.76. The summed E-state index contributed by atoms with van der Waals surface area (Å²) >= 11 is 6.07. The second-order valence-corrected chi connectivity index (χ2v) is 11.7. The summed E-state index contributed by atoms with van der Waals surface area (Å²) < 4.78 is 39.5. The van der Waals surface area contributed by atoms with Crippen LogP contribution in [-0.2, 0) is 26.2 Å². The minimum absolute atomic E-state index is 0.104. The Kier molecular flexibility index (Phi) is 10.4. The lowest BCUT2D eigenvalue weighted by atomic mass is 10.1. The fourth-order valence-electron chi connectivity index (χ4n) is 4.01. The van der Waals surface area contributed by atoms with Gasteiger partial charge in [0, 0.05) is 23.7 Å². The number of carbonyl (C=O) groups excluding carboxylic acids is 2. The van der Waals surface area contributed by atoms with Gasteiger partial charge in [0.05, 0.1) is 24.8 Å². The minimum atomic E-state index is -4.28. The van der Waals surface area contributed by atoms with Crippen LogP contribution in [0.5, 0.6) is 11.5 Å². The molecule has 11 heteroatoms. The average Bonchev–Trinajstić information content (AvgIpc) is 2.94. The fourth-order valence-corrected chi connectivity index (χ4v) is 5.56. The van der Waals surface area contributed by atoms with E-state index in [0.717, 1.165) is 9.87 Å². The normalized spacial score (nSPS) is 12.0. The molecule has 214 valence electrons. The maximum absolute atomic E-state index is 14.0. The summed E-state index contributed by atoms with van der Waals surface area (Å²) in [5.74, 6) is -0.334. The number of methoxy groups -OCH3 is 2. The molecule has 0 aliphatic heterocycles. The van der Waals surface area contributed by atoms with E-state index in [0.29, 0.717) is 10.8 Å². The summed E-state index contributed by atoms with van der Waals surface area (Å²) in [6, 6.07) is 18.5. The number of nitrogens with one attached hydrogen (secondary N) is 1. The fraction of sp³-hybridized carbons (Fsp3) is 0.310. The molecule has 1 N–H and O–H groups in total. The van der Waals surface area contributed by atoms with Crippen LogP contribution >= 0.6 is 11.6 Å². The van der Waals surface area contributed by atoms with Gasteiger partial charge in [-0.3, -0.25) is 13.9 Å². The largest absolute Gasteiger partial charge is 0.493 e. The number of sulfonamides is 1. The number of halogens is 1. The smallest absolute Gasteiger partial charge is 0.264 e. The molecule has 0 aromatic heterocycles. The first-order chi connectivity index (χ1) is 19.0. The first-order valence-electron chi connectivity index (χ1n) is 12.6. The Morgan fingerprint density at radius 3 is 2.10 bits per heavy atom. The predicted octanol–water partition coefficient (Wildman–Crippen LogP) is 4.49. The van der Waals surface area contributed by atoms with Crippen molar-refractivity contribution < 1.29 is 27.5 Å². The standard InChI is InChI=1S/C29H34ClN3O6S/c1-20(2)31-29(35)21(3)32(18-22-9-7-6-8-10-22)28(34)19-33(24-13-11-23(30)12-14-24)40(36,37)25-15-16-26(38-4)27(17-25)39-5/h6-17,20-21H,18-19H2,1-5H3,(H,31,35)/t21-/m0/s1. The van der Waals surface area contributed by atoms with Gasteiger partial charge >= 0.3 is 0 Å². The second-order valence-electron chi connectivity index (χ2n) is 9.35. The summed E-state index contributed by atoms with van der Waals surface area (Å²) in [5.41, 5.74) is 1.02. The molecule has 0 bridgehead atoms. The van der Waals surface area contributed by atoms with Crippen LogP contribution in [0.3, 0.4) is 0 Å². The zero-order chi connectivity index (χ0) is 29.4. The van der Waals surface area contributed by atoms with Crippen LogP contribution in [0.4, 0.5) is 5.69 Å². The van der Waals surface area contributed by atoms with Crippen molar-refractivity contribution in [3.63, 3.8) is 0 Å². The number of nitrogens with zero attached hydrogens (tertiary/aromatic N) is 2. The van der Waals surface area contributed by atoms with Crippen LogP contribution < -0.4 is 19.1 Å². The van der Waals surface area contributed by atoms with Crippen molar-refractivity contribution >= 4 is 39.1 Å². The molecule has 0 spiro atoms. The summed E-state index contributed by atoms with van der Waals surface area (Å²) in [6.07, 6.45) is 0. The predicted molar refractivity (Wildman–Crippen MR) is 155 cm³/mol. The Balaban J connectivity index is 2.06. The molecule has 0 unspecified atom stereocenters. The number of ether oxygens (including phenoxy) is 2. The van der Waals surface area contributed by atoms with Crippen molar-refractivity contribution in [1.82, 2.24) is 10.2 Å². The van der Waals surface area contributed by atoms with Gasteiger partial charge in [0.15, 0.2) is 11.5 Å². The lowest BCUT2D eigenvalue weighted by Gasteiger charge is -2.32. The molecule has 0 aliphatic rings. The average molecular weight is 588 g/mol. The zero-order valence-corrected chi connectivity index (χ0v) is 24.7. The van der Waals surface area contributed by atoms with Crippen LogP contribution in [0.25, 0.3) is 0 Å². The number of rotatable bonds is 12. The molecule has 40 heavy (non-hydrogen) atoms. The van der Waals surface area contributed by atoms with Crippen LogP contribution in [0.1, 0.15) is 26.3 Å². The van der Waals surface area contributed by atoms with Gasteiger partial charge in [0.2, 0.25) is 11.8 Å². The number of hydrogen-bond donors (Lipinski definition) is 1. The van der Waals surface area contributed by atoms with Gasteiger partial charge in [0.25, 0.3) is 10.0 Å². The maximum atomic E-state index is 14.0. The van der Waals surface area contributed by atoms with E-state index in [1.54, 1.807) is 19.1 Å². The third-order valence-electron chi connectivity index (χ3n) is 6.13. The summed E-state index contributed by atoms with van der Waals surface area (Å²) in [5, 5.41) is 3.24. The molecule has 0 fully saturated rings. The van der Waals surface area contributed by atoms with Gasteiger partial charge in [-0.15, -0.1) is 0 Å². The van der Waals surface area contributed by atoms with E-state index >= 15 is 0 Å². The van der Waals surface area contributed by atoms with Crippen molar-refractivity contribution in [2.75, 3.05) is 25.1 Å². The molecule has 0 heterocycles. The highest BCUT2D eigenvalue weighted by atomic mass is 35.5. The van der Waals surface area contributed by atoms with E-state index in [1.807, 2.05) is 44.2 Å². The summed E-state index contributed by atoms with van der Waals surface area (Å²) in [6.45, 7) is 4.81. The number of anilines is 1. The molecular weight excluding hydrogens is 554 g/mol. The topological polar surface area (TPSA) is 105 Å². The number of hydrogen-bond acceptors (Lipinski definition) is 6. The third kappa shape index (κ3) is 7.45. The van der Waals surface area contributed by atoms with Gasteiger partial charge in [-0.1, -0.05) is 41.9 Å². The number of carbonyl (C=O) groups is 2. The first kappa shape index (κ1) is 30.8. The Labute approximate surface area is 240 Å². The number of amides is 2. The highest BCUT2D eigenvalue weighted by molar-refractivity contribution is 7.92. The van der Waals surface area contributed by atoms with Crippen LogP contribution in [0, 0.1) is 0 Å². The van der Waals surface area contributed by atoms with Crippen LogP contribution in [0.15, 0.2) is 77.7 Å². The number of benzene rings is 3. The monoisotopic (exact) mass is 587 g/mol. The van der Waals surface area contributed by atoms with Gasteiger partial charge in [0.1, 0.15) is 12.6 Å². The third-order valence-corrected chi connectivity index (χ3v) is 8.15. The summed E-state index contributed by atoms with van der Waals surface area (Å²) in [7, 11) is -1.43. The second kappa shape index (κ2) is 13.5. The van der Waals surface area contributed by atoms with Crippen molar-refractivity contribution in [2.24, 2.45) is 0 Å². The van der Waals surface area contributed by atoms with E-state index < -0.39 is 28.5 Å². The molecule has 0 aliphatic carbocycles. The Morgan fingerprint density at radius 2 is 1.52 bits per heavy atom. The molecule has 3 aromatic rings. The van der Waals surface area contributed by atoms with E-state index in [9.17, 15) is 18.0 Å². The summed E-state index contributed by atoms with van der Waals surface area (Å²) in [4.78, 5) is 28.1. The zero-order valence-electron chi connectivity index (χ0n) is 23.1. The molecule has 0 saturated heterocycles. The molecule has 3 aromatic carbocycles. The molecule has 2 amide bonds. The van der Waals surface area contributed by atoms with Crippen molar-refractivity contribution in [3.8, 4) is 11.5 Å². The molecule has 0 saturated carbocycles. The highest BCUT2D eigenvalue weighted by Crippen LogP contribution is 2.32. The van der Waals surface area contributed by atoms with Crippen molar-refractivity contribution in [2.45, 2.75) is 44.3 Å². The molecule has 9 nitrogen and oxygen atoms in total. The molecule has 1 atom stereocenters. The molecular formula is C29H34ClN3O6S. The van der Waals surface area contributed by atoms with Gasteiger partial charge in [-0.2, -0.15) is 0 Å². The molecule has 3 rings (SSSR count). The van der Waals surface area contributed by atoms with Gasteiger partial charge in [-0.25, -0.2) is 8.42 Å². The van der Waals surface area contributed by atoms with Gasteiger partial charge in [-0.05, 0) is 62.7 Å². The minimum Gasteiger partial charge on any atom is -0.493 e. The van der Waals surface area contributed by atoms with Gasteiger partial charge < -0.3 is 19.7 Å². The van der Waals surface area contributed by atoms with E-state index in [1.165, 1.54) is 49.5 Å². The van der Waals surface area contributed by atoms with E-state index in [4.69, 9.17) is 21.1 Å². The van der Waals surface area contributed by atoms with Crippen molar-refractivity contribution in [1.29, 1.82) is 0 Å². The molecule has 0 radical (unpaired) electrons. The van der Waals surface area contributed by atoms with E-state index in [2.05, 4.69) is 5.32 Å². The van der Waals surface area contributed by atoms with Crippen molar-refractivity contribution in [3.05, 3.63) is 83.4 Å². The SMILES string of the molecule is COc1ccc(S(=O)(=O)N(CC(=O)N(Cc2ccccc2)[C@@H](C)C(=O)NC(C)C)c2ccc(Cl)cc2)cc1OC. The van der Waals surface area contributed by atoms with Crippen LogP contribution in [-0.4, -0.2) is 58.0 Å². The maximum Gasteiger partial charge on any atom is 0.264 e. The highest BCUT2D eigenvalue weighted by Gasteiger charge is 2.33. The Morgan fingerprint density at radius 1 is 0.900 bits per heavy atom. The Bertz CT molecular complexity index is 1420. The van der Waals surface area contributed by atoms with Crippen LogP contribution in [0.2, 0.25) is 5.02 Å². The quantitative estimate of drug-likeness (QED) is 0.335. The lowest BCUT2D eigenvalue weighted by molar-refractivity contribution is -0.139. The lowest BCUT2D eigenvalue weighted by Crippen LogP contribution is -2.52. The first-order valence-corrected chi connectivity index (χ1v) is 14.4.